The Bertz CT molecular complexity index is 455. The molecule has 0 atom stereocenters. The average molecular weight is 249 g/mol. The molecular formula is C13H19N3O2. The van der Waals surface area contributed by atoms with Gasteiger partial charge in [0.15, 0.2) is 0 Å². The Hall–Kier alpha value is -1.62. The highest BCUT2D eigenvalue weighted by Gasteiger charge is 2.32. The fraction of sp³-hybridized carbons (Fsp3) is 0.538. The van der Waals surface area contributed by atoms with Gasteiger partial charge in [0.2, 0.25) is 5.56 Å². The van der Waals surface area contributed by atoms with E-state index in [9.17, 15) is 9.59 Å². The summed E-state index contributed by atoms with van der Waals surface area (Å²) in [5.41, 5.74) is 5.80. The lowest BCUT2D eigenvalue weighted by Gasteiger charge is -2.37. The van der Waals surface area contributed by atoms with Crippen molar-refractivity contribution in [3.63, 3.8) is 0 Å². The van der Waals surface area contributed by atoms with Crippen LogP contribution in [0.25, 0.3) is 0 Å². The van der Waals surface area contributed by atoms with Crippen molar-refractivity contribution in [3.05, 3.63) is 34.2 Å². The molecule has 1 aromatic heterocycles. The van der Waals surface area contributed by atoms with Crippen LogP contribution in [0.2, 0.25) is 0 Å². The highest BCUT2D eigenvalue weighted by molar-refractivity contribution is 5.94. The molecule has 2 rings (SSSR count). The van der Waals surface area contributed by atoms with Crippen LogP contribution in [-0.2, 0) is 0 Å². The Morgan fingerprint density at radius 2 is 2.06 bits per heavy atom. The van der Waals surface area contributed by atoms with Crippen molar-refractivity contribution < 1.29 is 4.79 Å². The Kier molecular flexibility index (Phi) is 3.81. The minimum atomic E-state index is -0.272. The molecule has 1 aromatic rings. The van der Waals surface area contributed by atoms with Crippen molar-refractivity contribution >= 4 is 5.91 Å². The summed E-state index contributed by atoms with van der Waals surface area (Å²) in [5.74, 6) is -0.168. The van der Waals surface area contributed by atoms with Gasteiger partial charge in [-0.2, -0.15) is 0 Å². The van der Waals surface area contributed by atoms with Gasteiger partial charge in [0.1, 0.15) is 0 Å². The Morgan fingerprint density at radius 3 is 2.61 bits per heavy atom. The molecule has 0 saturated heterocycles. The summed E-state index contributed by atoms with van der Waals surface area (Å²) in [5, 5.41) is 3.03. The minimum Gasteiger partial charge on any atom is -0.345 e. The van der Waals surface area contributed by atoms with Crippen LogP contribution in [0.5, 0.6) is 0 Å². The van der Waals surface area contributed by atoms with Gasteiger partial charge >= 0.3 is 0 Å². The van der Waals surface area contributed by atoms with Crippen LogP contribution in [0.4, 0.5) is 0 Å². The molecule has 1 fully saturated rings. The highest BCUT2D eigenvalue weighted by atomic mass is 16.2. The summed E-state index contributed by atoms with van der Waals surface area (Å²) < 4.78 is 0. The maximum absolute atomic E-state index is 12.1. The number of carbonyl (C=O) groups is 1. The molecule has 1 saturated carbocycles. The van der Waals surface area contributed by atoms with Crippen molar-refractivity contribution in [2.24, 2.45) is 5.73 Å². The van der Waals surface area contributed by atoms with E-state index in [0.29, 0.717) is 12.1 Å². The number of aromatic amines is 1. The van der Waals surface area contributed by atoms with E-state index in [-0.39, 0.29) is 17.0 Å². The van der Waals surface area contributed by atoms with Crippen LogP contribution in [0.15, 0.2) is 23.1 Å². The lowest BCUT2D eigenvalue weighted by molar-refractivity contribution is 0.0874. The topological polar surface area (TPSA) is 88.0 Å². The number of hydrogen-bond acceptors (Lipinski definition) is 3. The highest BCUT2D eigenvalue weighted by Crippen LogP contribution is 2.27. The SMILES string of the molecule is NCC1(NC(=O)c2ccc(=O)[nH]c2)CCCCC1. The predicted octanol–water partition coefficient (Wildman–Crippen LogP) is 0.766. The Labute approximate surface area is 106 Å². The van der Waals surface area contributed by atoms with Gasteiger partial charge in [-0.1, -0.05) is 19.3 Å². The summed E-state index contributed by atoms with van der Waals surface area (Å²) in [4.78, 5) is 25.5. The lowest BCUT2D eigenvalue weighted by atomic mass is 9.81. The van der Waals surface area contributed by atoms with E-state index in [4.69, 9.17) is 5.73 Å². The molecule has 0 aromatic carbocycles. The summed E-state index contributed by atoms with van der Waals surface area (Å²) in [7, 11) is 0. The fourth-order valence-corrected chi connectivity index (χ4v) is 2.47. The molecule has 0 aliphatic heterocycles. The van der Waals surface area contributed by atoms with E-state index in [1.54, 1.807) is 0 Å². The van der Waals surface area contributed by atoms with E-state index >= 15 is 0 Å². The van der Waals surface area contributed by atoms with Gasteiger partial charge in [0.25, 0.3) is 5.91 Å². The van der Waals surface area contributed by atoms with Gasteiger partial charge in [-0.05, 0) is 18.9 Å². The van der Waals surface area contributed by atoms with E-state index in [1.807, 2.05) is 0 Å². The van der Waals surface area contributed by atoms with Crippen LogP contribution in [0.1, 0.15) is 42.5 Å². The van der Waals surface area contributed by atoms with Gasteiger partial charge in [0, 0.05) is 18.8 Å². The molecule has 4 N–H and O–H groups in total. The largest absolute Gasteiger partial charge is 0.345 e. The first kappa shape index (κ1) is 12.8. The van der Waals surface area contributed by atoms with Gasteiger partial charge in [-0.15, -0.1) is 0 Å². The maximum Gasteiger partial charge on any atom is 0.253 e. The Balaban J connectivity index is 2.09. The predicted molar refractivity (Wildman–Crippen MR) is 69.4 cm³/mol. The van der Waals surface area contributed by atoms with Gasteiger partial charge < -0.3 is 16.0 Å². The number of amides is 1. The molecule has 0 radical (unpaired) electrons. The van der Waals surface area contributed by atoms with E-state index < -0.39 is 0 Å². The first-order valence-corrected chi connectivity index (χ1v) is 6.37. The molecule has 0 spiro atoms. The summed E-state index contributed by atoms with van der Waals surface area (Å²) in [6.07, 6.45) is 6.70. The first-order valence-electron chi connectivity index (χ1n) is 6.37. The molecule has 1 aliphatic carbocycles. The zero-order chi connectivity index (χ0) is 13.0. The monoisotopic (exact) mass is 249 g/mol. The molecule has 1 aliphatic rings. The first-order chi connectivity index (χ1) is 8.65. The van der Waals surface area contributed by atoms with Crippen molar-refractivity contribution in [2.75, 3.05) is 6.54 Å². The summed E-state index contributed by atoms with van der Waals surface area (Å²) in [6, 6.07) is 2.88. The zero-order valence-electron chi connectivity index (χ0n) is 10.4. The fourth-order valence-electron chi connectivity index (χ4n) is 2.47. The quantitative estimate of drug-likeness (QED) is 0.739. The number of rotatable bonds is 3. The van der Waals surface area contributed by atoms with Crippen LogP contribution in [-0.4, -0.2) is 23.0 Å². The smallest absolute Gasteiger partial charge is 0.253 e. The van der Waals surface area contributed by atoms with Gasteiger partial charge in [0.05, 0.1) is 11.1 Å². The van der Waals surface area contributed by atoms with Crippen LogP contribution < -0.4 is 16.6 Å². The third-order valence-corrected chi connectivity index (χ3v) is 3.63. The normalized spacial score (nSPS) is 18.3. The number of nitrogens with two attached hydrogens (primary N) is 1. The molecule has 98 valence electrons. The number of aromatic nitrogens is 1. The van der Waals surface area contributed by atoms with Crippen LogP contribution >= 0.6 is 0 Å². The molecule has 1 heterocycles. The molecular weight excluding hydrogens is 230 g/mol. The third kappa shape index (κ3) is 2.79. The summed E-state index contributed by atoms with van der Waals surface area (Å²) in [6.45, 7) is 0.460. The van der Waals surface area contributed by atoms with E-state index in [0.717, 1.165) is 25.7 Å². The second-order valence-electron chi connectivity index (χ2n) is 4.94. The minimum absolute atomic E-state index is 0.168. The number of H-pyrrole nitrogens is 1. The maximum atomic E-state index is 12.1. The van der Waals surface area contributed by atoms with Crippen molar-refractivity contribution in [1.82, 2.24) is 10.3 Å². The van der Waals surface area contributed by atoms with E-state index in [2.05, 4.69) is 10.3 Å². The standard InChI is InChI=1S/C13H19N3O2/c14-9-13(6-2-1-3-7-13)16-12(18)10-4-5-11(17)15-8-10/h4-5,8H,1-3,6-7,9,14H2,(H,15,17)(H,16,18). The van der Waals surface area contributed by atoms with Gasteiger partial charge in [-0.25, -0.2) is 0 Å². The molecule has 18 heavy (non-hydrogen) atoms. The molecule has 5 nitrogen and oxygen atoms in total. The molecule has 0 bridgehead atoms. The number of carbonyl (C=O) groups excluding carboxylic acids is 1. The Morgan fingerprint density at radius 1 is 1.33 bits per heavy atom. The second-order valence-corrected chi connectivity index (χ2v) is 4.94. The van der Waals surface area contributed by atoms with Crippen molar-refractivity contribution in [3.8, 4) is 0 Å². The van der Waals surface area contributed by atoms with Crippen molar-refractivity contribution in [1.29, 1.82) is 0 Å². The van der Waals surface area contributed by atoms with Gasteiger partial charge in [-0.3, -0.25) is 9.59 Å². The molecule has 1 amide bonds. The van der Waals surface area contributed by atoms with Crippen LogP contribution in [0.3, 0.4) is 0 Å². The third-order valence-electron chi connectivity index (χ3n) is 3.63. The van der Waals surface area contributed by atoms with Crippen LogP contribution in [0, 0.1) is 0 Å². The number of hydrogen-bond donors (Lipinski definition) is 3. The summed E-state index contributed by atoms with van der Waals surface area (Å²) >= 11 is 0. The number of nitrogens with one attached hydrogen (secondary N) is 2. The zero-order valence-corrected chi connectivity index (χ0v) is 10.4. The van der Waals surface area contributed by atoms with Crippen molar-refractivity contribution in [2.45, 2.75) is 37.6 Å². The average Bonchev–Trinajstić information content (AvgIpc) is 2.40. The number of pyridine rings is 1. The molecule has 5 heteroatoms. The van der Waals surface area contributed by atoms with E-state index in [1.165, 1.54) is 24.8 Å². The lowest BCUT2D eigenvalue weighted by Crippen LogP contribution is -2.54. The second kappa shape index (κ2) is 5.35. The molecule has 0 unspecified atom stereocenters.